The summed E-state index contributed by atoms with van der Waals surface area (Å²) < 4.78 is 216. The minimum Gasteiger partial charge on any atom is -0.379 e. The molecule has 0 saturated carbocycles. The van der Waals surface area contributed by atoms with Crippen LogP contribution in [0.2, 0.25) is 0 Å². The highest BCUT2D eigenvalue weighted by atomic mass is 19.4. The molecule has 0 aromatic rings. The third-order valence-electron chi connectivity index (χ3n) is 4.77. The van der Waals surface area contributed by atoms with Gasteiger partial charge in [-0.25, -0.2) is 8.78 Å². The molecule has 35 heavy (non-hydrogen) atoms. The summed E-state index contributed by atoms with van der Waals surface area (Å²) in [5, 5.41) is 0.924. The molecule has 0 aromatic heterocycles. The SMILES string of the molecule is O=C(NCCN1CCOCC1)C(F)(F)C(F)(F)C(F)(F)C(F)(F)C(F)(F)C(F)(F)C(F)(F)C(F)F. The third kappa shape index (κ3) is 4.83. The summed E-state index contributed by atoms with van der Waals surface area (Å²) in [5.74, 6) is -59.4. The Balaban J connectivity index is 3.25. The standard InChI is InChI=1S/C15H14F16N2O2/c16-7(17)9(18,19)11(22,23)13(26,27)15(30,31)14(28,29)12(24,25)10(20,21)8(34)32-1-2-33-3-5-35-6-4-33/h7H,1-6H2,(H,32,34). The van der Waals surface area contributed by atoms with Crippen molar-refractivity contribution in [1.82, 2.24) is 10.2 Å². The molecule has 1 heterocycles. The van der Waals surface area contributed by atoms with E-state index in [9.17, 15) is 75.0 Å². The first-order valence-electron chi connectivity index (χ1n) is 8.95. The molecule has 0 atom stereocenters. The predicted octanol–water partition coefficient (Wildman–Crippen LogP) is 4.15. The Morgan fingerprint density at radius 1 is 0.714 bits per heavy atom. The molecule has 208 valence electrons. The number of carbonyl (C=O) groups excluding carboxylic acids is 1. The van der Waals surface area contributed by atoms with Crippen LogP contribution in [0.1, 0.15) is 0 Å². The van der Waals surface area contributed by atoms with E-state index in [1.54, 1.807) is 0 Å². The molecule has 1 aliphatic rings. The fourth-order valence-electron chi connectivity index (χ4n) is 2.54. The zero-order valence-electron chi connectivity index (χ0n) is 16.6. The normalized spacial score (nSPS) is 18.2. The van der Waals surface area contributed by atoms with Crippen molar-refractivity contribution in [2.45, 2.75) is 47.9 Å². The molecule has 0 spiro atoms. The van der Waals surface area contributed by atoms with Crippen molar-refractivity contribution in [2.24, 2.45) is 0 Å². The molecule has 0 unspecified atom stereocenters. The average Bonchev–Trinajstić information content (AvgIpc) is 2.73. The molecule has 0 bridgehead atoms. The first-order valence-corrected chi connectivity index (χ1v) is 8.95. The van der Waals surface area contributed by atoms with Crippen LogP contribution in [0.15, 0.2) is 0 Å². The van der Waals surface area contributed by atoms with Crippen LogP contribution in [-0.2, 0) is 9.53 Å². The molecule has 1 saturated heterocycles. The average molecular weight is 558 g/mol. The number of morpholine rings is 1. The number of hydrogen-bond acceptors (Lipinski definition) is 3. The zero-order valence-corrected chi connectivity index (χ0v) is 16.6. The molecule has 1 N–H and O–H groups in total. The quantitative estimate of drug-likeness (QED) is 0.388. The number of ether oxygens (including phenoxy) is 1. The van der Waals surface area contributed by atoms with Crippen LogP contribution in [0.25, 0.3) is 0 Å². The van der Waals surface area contributed by atoms with E-state index in [1.807, 2.05) is 0 Å². The number of carbonyl (C=O) groups is 1. The molecule has 0 radical (unpaired) electrons. The van der Waals surface area contributed by atoms with E-state index in [-0.39, 0.29) is 26.3 Å². The molecule has 4 nitrogen and oxygen atoms in total. The van der Waals surface area contributed by atoms with Crippen molar-refractivity contribution in [3.05, 3.63) is 0 Å². The summed E-state index contributed by atoms with van der Waals surface area (Å²) >= 11 is 0. The molecular formula is C15H14F16N2O2. The van der Waals surface area contributed by atoms with Crippen LogP contribution < -0.4 is 5.32 Å². The first kappa shape index (κ1) is 31.3. The molecule has 1 fully saturated rings. The zero-order chi connectivity index (χ0) is 27.9. The fraction of sp³-hybridized carbons (Fsp3) is 0.933. The van der Waals surface area contributed by atoms with Crippen LogP contribution in [-0.4, -0.2) is 98.1 Å². The minimum atomic E-state index is -8.52. The third-order valence-corrected chi connectivity index (χ3v) is 4.77. The second-order valence-corrected chi connectivity index (χ2v) is 7.08. The maximum Gasteiger partial charge on any atom is 0.392 e. The second kappa shape index (κ2) is 9.62. The number of nitrogens with zero attached hydrogens (tertiary/aromatic N) is 1. The Labute approximate surface area is 184 Å². The van der Waals surface area contributed by atoms with Crippen LogP contribution in [0.3, 0.4) is 0 Å². The van der Waals surface area contributed by atoms with Gasteiger partial charge in [-0.05, 0) is 0 Å². The Hall–Kier alpha value is -1.73. The van der Waals surface area contributed by atoms with Crippen LogP contribution in [0.4, 0.5) is 70.2 Å². The Morgan fingerprint density at radius 2 is 1.11 bits per heavy atom. The molecule has 20 heteroatoms. The smallest absolute Gasteiger partial charge is 0.379 e. The number of halogens is 16. The van der Waals surface area contributed by atoms with Crippen molar-refractivity contribution in [3.63, 3.8) is 0 Å². The summed E-state index contributed by atoms with van der Waals surface area (Å²) in [5.41, 5.74) is 0. The predicted molar refractivity (Wildman–Crippen MR) is 80.9 cm³/mol. The summed E-state index contributed by atoms with van der Waals surface area (Å²) in [6.45, 7) is -0.962. The molecule has 1 aliphatic heterocycles. The summed E-state index contributed by atoms with van der Waals surface area (Å²) in [6.07, 6.45) is -5.91. The van der Waals surface area contributed by atoms with Gasteiger partial charge in [-0.15, -0.1) is 0 Å². The van der Waals surface area contributed by atoms with Crippen molar-refractivity contribution in [2.75, 3.05) is 39.4 Å². The highest BCUT2D eigenvalue weighted by Gasteiger charge is 2.94. The van der Waals surface area contributed by atoms with Crippen molar-refractivity contribution >= 4 is 5.91 Å². The van der Waals surface area contributed by atoms with Gasteiger partial charge < -0.3 is 10.1 Å². The van der Waals surface area contributed by atoms with E-state index >= 15 is 0 Å². The second-order valence-electron chi connectivity index (χ2n) is 7.08. The fourth-order valence-corrected chi connectivity index (χ4v) is 2.54. The molecule has 0 aromatic carbocycles. The Bertz CT molecular complexity index is 751. The van der Waals surface area contributed by atoms with E-state index in [0.717, 1.165) is 5.32 Å². The first-order chi connectivity index (χ1) is 15.4. The number of nitrogens with one attached hydrogen (secondary N) is 1. The number of hydrogen-bond donors (Lipinski definition) is 1. The van der Waals surface area contributed by atoms with Gasteiger partial charge in [0.05, 0.1) is 13.2 Å². The molecule has 1 rings (SSSR count). The van der Waals surface area contributed by atoms with Gasteiger partial charge in [0.25, 0.3) is 5.91 Å². The van der Waals surface area contributed by atoms with Gasteiger partial charge in [0.1, 0.15) is 0 Å². The topological polar surface area (TPSA) is 41.6 Å². The lowest BCUT2D eigenvalue weighted by atomic mass is 9.89. The van der Waals surface area contributed by atoms with E-state index in [4.69, 9.17) is 4.74 Å². The van der Waals surface area contributed by atoms with Crippen molar-refractivity contribution in [1.29, 1.82) is 0 Å². The number of alkyl halides is 16. The Kier molecular flexibility index (Phi) is 8.60. The lowest BCUT2D eigenvalue weighted by molar-refractivity contribution is -0.443. The Morgan fingerprint density at radius 3 is 1.54 bits per heavy atom. The van der Waals surface area contributed by atoms with Crippen LogP contribution in [0.5, 0.6) is 0 Å². The van der Waals surface area contributed by atoms with Gasteiger partial charge in [0.2, 0.25) is 0 Å². The molecular weight excluding hydrogens is 544 g/mol. The van der Waals surface area contributed by atoms with E-state index in [0.29, 0.717) is 0 Å². The van der Waals surface area contributed by atoms with Crippen molar-refractivity contribution < 1.29 is 79.8 Å². The van der Waals surface area contributed by atoms with Crippen LogP contribution >= 0.6 is 0 Å². The number of rotatable bonds is 11. The molecule has 1 amide bonds. The maximum absolute atomic E-state index is 13.7. The lowest BCUT2D eigenvalue weighted by Gasteiger charge is -2.42. The largest absolute Gasteiger partial charge is 0.392 e. The van der Waals surface area contributed by atoms with E-state index < -0.39 is 66.9 Å². The lowest BCUT2D eigenvalue weighted by Crippen LogP contribution is -2.74. The van der Waals surface area contributed by atoms with Gasteiger partial charge in [0.15, 0.2) is 0 Å². The van der Waals surface area contributed by atoms with Crippen LogP contribution in [0, 0.1) is 0 Å². The van der Waals surface area contributed by atoms with Gasteiger partial charge >= 0.3 is 47.9 Å². The maximum atomic E-state index is 13.7. The summed E-state index contributed by atoms with van der Waals surface area (Å²) in [6, 6.07) is 0. The highest BCUT2D eigenvalue weighted by molar-refractivity contribution is 5.84. The van der Waals surface area contributed by atoms with Gasteiger partial charge in [-0.3, -0.25) is 9.69 Å². The van der Waals surface area contributed by atoms with Gasteiger partial charge in [-0.2, -0.15) is 61.5 Å². The van der Waals surface area contributed by atoms with E-state index in [2.05, 4.69) is 0 Å². The summed E-state index contributed by atoms with van der Waals surface area (Å²) in [4.78, 5) is 12.7. The van der Waals surface area contributed by atoms with Gasteiger partial charge in [-0.1, -0.05) is 0 Å². The van der Waals surface area contributed by atoms with Crippen molar-refractivity contribution in [3.8, 4) is 0 Å². The molecule has 0 aliphatic carbocycles. The minimum absolute atomic E-state index is 0.104. The van der Waals surface area contributed by atoms with E-state index in [1.165, 1.54) is 4.90 Å². The monoisotopic (exact) mass is 558 g/mol. The highest BCUT2D eigenvalue weighted by Crippen LogP contribution is 2.62. The van der Waals surface area contributed by atoms with Gasteiger partial charge in [0, 0.05) is 26.2 Å². The number of amides is 1. The summed E-state index contributed by atoms with van der Waals surface area (Å²) in [7, 11) is 0.